The van der Waals surface area contributed by atoms with Gasteiger partial charge < -0.3 is 9.47 Å². The molecule has 0 fully saturated rings. The largest absolute Gasteiger partial charge is 0.489 e. The van der Waals surface area contributed by atoms with Crippen molar-refractivity contribution in [3.05, 3.63) is 76.4 Å². The molecule has 3 nitrogen and oxygen atoms in total. The fourth-order valence-electron chi connectivity index (χ4n) is 3.00. The average molecular weight is 308 g/mol. The number of rotatable bonds is 4. The molecular formula is C20H20O3. The molecule has 1 aliphatic carbocycles. The van der Waals surface area contributed by atoms with Crippen molar-refractivity contribution in [1.29, 1.82) is 0 Å². The van der Waals surface area contributed by atoms with E-state index in [0.717, 1.165) is 40.8 Å². The lowest BCUT2D eigenvalue weighted by atomic mass is 9.88. The maximum atomic E-state index is 12.1. The van der Waals surface area contributed by atoms with E-state index in [1.165, 1.54) is 7.11 Å². The van der Waals surface area contributed by atoms with Crippen LogP contribution in [0.5, 0.6) is 5.75 Å². The predicted octanol–water partition coefficient (Wildman–Crippen LogP) is 4.02. The average Bonchev–Trinajstić information content (AvgIpc) is 2.60. The summed E-state index contributed by atoms with van der Waals surface area (Å²) in [6.07, 6.45) is 5.73. The summed E-state index contributed by atoms with van der Waals surface area (Å²) in [6, 6.07) is 12.0. The Labute approximate surface area is 136 Å². The summed E-state index contributed by atoms with van der Waals surface area (Å²) in [4.78, 5) is 12.1. The van der Waals surface area contributed by atoms with E-state index in [9.17, 15) is 4.79 Å². The topological polar surface area (TPSA) is 35.5 Å². The lowest BCUT2D eigenvalue weighted by Gasteiger charge is -2.21. The molecule has 0 unspecified atom stereocenters. The second kappa shape index (κ2) is 6.69. The quantitative estimate of drug-likeness (QED) is 0.632. The van der Waals surface area contributed by atoms with Crippen LogP contribution in [-0.2, 0) is 24.2 Å². The van der Waals surface area contributed by atoms with Crippen LogP contribution in [0.4, 0.5) is 0 Å². The number of ether oxygens (including phenoxy) is 2. The minimum Gasteiger partial charge on any atom is -0.489 e. The van der Waals surface area contributed by atoms with Crippen LogP contribution >= 0.6 is 0 Å². The van der Waals surface area contributed by atoms with Crippen molar-refractivity contribution < 1.29 is 14.3 Å². The molecule has 0 bridgehead atoms. The van der Waals surface area contributed by atoms with Crippen molar-refractivity contribution in [2.75, 3.05) is 7.11 Å². The highest BCUT2D eigenvalue weighted by Crippen LogP contribution is 2.33. The number of aryl methyl sites for hydroxylation is 1. The van der Waals surface area contributed by atoms with Gasteiger partial charge in [-0.1, -0.05) is 42.5 Å². The molecule has 0 radical (unpaired) electrons. The van der Waals surface area contributed by atoms with E-state index in [1.807, 2.05) is 43.3 Å². The Morgan fingerprint density at radius 2 is 1.78 bits per heavy atom. The smallest absolute Gasteiger partial charge is 0.338 e. The van der Waals surface area contributed by atoms with Gasteiger partial charge in [0.1, 0.15) is 12.4 Å². The molecule has 23 heavy (non-hydrogen) atoms. The highest BCUT2D eigenvalue weighted by Gasteiger charge is 2.22. The predicted molar refractivity (Wildman–Crippen MR) is 89.8 cm³/mol. The number of hydrogen-bond acceptors (Lipinski definition) is 3. The molecular weight excluding hydrogens is 288 g/mol. The van der Waals surface area contributed by atoms with Gasteiger partial charge in [0.2, 0.25) is 0 Å². The monoisotopic (exact) mass is 308 g/mol. The van der Waals surface area contributed by atoms with Gasteiger partial charge in [-0.15, -0.1) is 0 Å². The molecule has 3 rings (SSSR count). The van der Waals surface area contributed by atoms with Crippen LogP contribution < -0.4 is 4.74 Å². The van der Waals surface area contributed by atoms with E-state index in [4.69, 9.17) is 9.47 Å². The Kier molecular flexibility index (Phi) is 4.47. The van der Waals surface area contributed by atoms with Gasteiger partial charge in [-0.3, -0.25) is 0 Å². The first-order valence-corrected chi connectivity index (χ1v) is 7.76. The van der Waals surface area contributed by atoms with Crippen molar-refractivity contribution in [2.45, 2.75) is 26.4 Å². The molecule has 0 saturated carbocycles. The molecule has 0 amide bonds. The second-order valence-electron chi connectivity index (χ2n) is 5.67. The molecule has 2 aromatic rings. The number of methoxy groups -OCH3 is 1. The Balaban J connectivity index is 1.95. The van der Waals surface area contributed by atoms with Crippen LogP contribution in [0.3, 0.4) is 0 Å². The zero-order chi connectivity index (χ0) is 16.2. The number of esters is 1. The van der Waals surface area contributed by atoms with Gasteiger partial charge in [-0.25, -0.2) is 4.79 Å². The SMILES string of the molecule is COC(=O)c1c(C)cc(OCc2ccccc2)c2c1CC=CC2. The van der Waals surface area contributed by atoms with E-state index in [1.54, 1.807) is 0 Å². The number of hydrogen-bond donors (Lipinski definition) is 0. The number of carbonyl (C=O) groups is 1. The van der Waals surface area contributed by atoms with Gasteiger partial charge in [-0.2, -0.15) is 0 Å². The Hall–Kier alpha value is -2.55. The summed E-state index contributed by atoms with van der Waals surface area (Å²) >= 11 is 0. The molecule has 0 aromatic heterocycles. The third-order valence-electron chi connectivity index (χ3n) is 4.14. The van der Waals surface area contributed by atoms with Gasteiger partial charge in [-0.05, 0) is 42.5 Å². The molecule has 2 aromatic carbocycles. The minimum atomic E-state index is -0.274. The zero-order valence-corrected chi connectivity index (χ0v) is 13.5. The number of fused-ring (bicyclic) bond motifs is 1. The normalized spacial score (nSPS) is 12.6. The zero-order valence-electron chi connectivity index (χ0n) is 13.5. The van der Waals surface area contributed by atoms with Gasteiger partial charge >= 0.3 is 5.97 Å². The van der Waals surface area contributed by atoms with E-state index in [-0.39, 0.29) is 5.97 Å². The standard InChI is InChI=1S/C20H20O3/c1-14-12-18(23-13-15-8-4-3-5-9-15)16-10-6-7-11-17(16)19(14)20(21)22-2/h3-9,12H,10-11,13H2,1-2H3. The van der Waals surface area contributed by atoms with E-state index in [2.05, 4.69) is 12.2 Å². The highest BCUT2D eigenvalue weighted by atomic mass is 16.5. The Morgan fingerprint density at radius 3 is 2.48 bits per heavy atom. The third-order valence-corrected chi connectivity index (χ3v) is 4.14. The summed E-state index contributed by atoms with van der Waals surface area (Å²) in [5, 5.41) is 0. The number of allylic oxidation sites excluding steroid dienone is 2. The lowest BCUT2D eigenvalue weighted by Crippen LogP contribution is -2.14. The van der Waals surface area contributed by atoms with E-state index >= 15 is 0 Å². The van der Waals surface area contributed by atoms with Crippen LogP contribution in [0, 0.1) is 6.92 Å². The maximum absolute atomic E-state index is 12.1. The fourth-order valence-corrected chi connectivity index (χ4v) is 3.00. The third kappa shape index (κ3) is 3.14. The molecule has 0 N–H and O–H groups in total. The maximum Gasteiger partial charge on any atom is 0.338 e. The summed E-state index contributed by atoms with van der Waals surface area (Å²) in [5.41, 5.74) is 4.83. The van der Waals surface area contributed by atoms with Gasteiger partial charge in [0.25, 0.3) is 0 Å². The van der Waals surface area contributed by atoms with Crippen molar-refractivity contribution >= 4 is 5.97 Å². The molecule has 0 aliphatic heterocycles. The summed E-state index contributed by atoms with van der Waals surface area (Å²) in [6.45, 7) is 2.45. The van der Waals surface area contributed by atoms with Crippen LogP contribution in [-0.4, -0.2) is 13.1 Å². The van der Waals surface area contributed by atoms with E-state index < -0.39 is 0 Å². The lowest BCUT2D eigenvalue weighted by molar-refractivity contribution is 0.0598. The molecule has 3 heteroatoms. The number of benzene rings is 2. The fraction of sp³-hybridized carbons (Fsp3) is 0.250. The van der Waals surface area contributed by atoms with Gasteiger partial charge in [0.05, 0.1) is 12.7 Å². The van der Waals surface area contributed by atoms with Crippen molar-refractivity contribution in [2.24, 2.45) is 0 Å². The first-order valence-electron chi connectivity index (χ1n) is 7.76. The minimum absolute atomic E-state index is 0.274. The molecule has 0 atom stereocenters. The Morgan fingerprint density at radius 1 is 1.09 bits per heavy atom. The van der Waals surface area contributed by atoms with Gasteiger partial charge in [0, 0.05) is 5.56 Å². The molecule has 118 valence electrons. The van der Waals surface area contributed by atoms with Crippen molar-refractivity contribution in [3.63, 3.8) is 0 Å². The van der Waals surface area contributed by atoms with E-state index in [0.29, 0.717) is 12.2 Å². The second-order valence-corrected chi connectivity index (χ2v) is 5.67. The number of carbonyl (C=O) groups excluding carboxylic acids is 1. The molecule has 0 heterocycles. The molecule has 1 aliphatic rings. The van der Waals surface area contributed by atoms with Crippen molar-refractivity contribution in [3.8, 4) is 5.75 Å². The summed E-state index contributed by atoms with van der Waals surface area (Å²) in [7, 11) is 1.42. The van der Waals surface area contributed by atoms with Crippen LogP contribution in [0.2, 0.25) is 0 Å². The van der Waals surface area contributed by atoms with Crippen LogP contribution in [0.25, 0.3) is 0 Å². The van der Waals surface area contributed by atoms with Crippen LogP contribution in [0.15, 0.2) is 48.6 Å². The van der Waals surface area contributed by atoms with Gasteiger partial charge in [0.15, 0.2) is 0 Å². The molecule has 0 saturated heterocycles. The van der Waals surface area contributed by atoms with Crippen molar-refractivity contribution in [1.82, 2.24) is 0 Å². The summed E-state index contributed by atoms with van der Waals surface area (Å²) in [5.74, 6) is 0.585. The highest BCUT2D eigenvalue weighted by molar-refractivity contribution is 5.93. The first kappa shape index (κ1) is 15.3. The Bertz CT molecular complexity index is 745. The summed E-state index contributed by atoms with van der Waals surface area (Å²) < 4.78 is 11.0. The van der Waals surface area contributed by atoms with Crippen LogP contribution in [0.1, 0.15) is 32.6 Å². The first-order chi connectivity index (χ1) is 11.2. The molecule has 0 spiro atoms.